The van der Waals surface area contributed by atoms with Crippen LogP contribution in [0.25, 0.3) is 0 Å². The van der Waals surface area contributed by atoms with Crippen LogP contribution in [0.15, 0.2) is 0 Å². The van der Waals surface area contributed by atoms with Crippen LogP contribution in [0.1, 0.15) is 44.7 Å². The fraction of sp³-hybridized carbons (Fsp3) is 0.769. The summed E-state index contributed by atoms with van der Waals surface area (Å²) in [4.78, 5) is 10.9. The second-order valence-corrected chi connectivity index (χ2v) is 5.95. The number of aliphatic hydroxyl groups is 1. The highest BCUT2D eigenvalue weighted by Gasteiger charge is 2.42. The van der Waals surface area contributed by atoms with Crippen LogP contribution < -0.4 is 5.32 Å². The molecule has 7 heteroatoms. The number of anilines is 1. The van der Waals surface area contributed by atoms with Gasteiger partial charge in [0.2, 0.25) is 5.82 Å². The lowest BCUT2D eigenvalue weighted by Gasteiger charge is -2.15. The third-order valence-electron chi connectivity index (χ3n) is 4.01. The third-order valence-corrected chi connectivity index (χ3v) is 4.01. The molecule has 2 N–H and O–H groups in total. The molecule has 0 amide bonds. The largest absolute Gasteiger partial charge is 0.396 e. The maximum Gasteiger partial charge on any atom is 0.334 e. The number of nitrogens with one attached hydrogen (secondary N) is 1. The average Bonchev–Trinajstić information content (AvgIpc) is 3.03. The average molecular weight is 282 g/mol. The number of rotatable bonds is 7. The summed E-state index contributed by atoms with van der Waals surface area (Å²) in [7, 11) is 1.72. The molecule has 0 saturated heterocycles. The Kier molecular flexibility index (Phi) is 3.99. The first-order valence-electron chi connectivity index (χ1n) is 6.96. The molecular formula is C13H22N4O3. The van der Waals surface area contributed by atoms with E-state index in [9.17, 15) is 10.1 Å². The van der Waals surface area contributed by atoms with Gasteiger partial charge in [0.25, 0.3) is 0 Å². The Morgan fingerprint density at radius 3 is 2.65 bits per heavy atom. The van der Waals surface area contributed by atoms with Crippen molar-refractivity contribution in [2.45, 2.75) is 39.0 Å². The van der Waals surface area contributed by atoms with E-state index in [1.54, 1.807) is 11.7 Å². The van der Waals surface area contributed by atoms with Gasteiger partial charge in [0.05, 0.1) is 4.92 Å². The first kappa shape index (κ1) is 14.8. The summed E-state index contributed by atoms with van der Waals surface area (Å²) < 4.78 is 1.54. The first-order chi connectivity index (χ1) is 9.40. The Labute approximate surface area is 118 Å². The van der Waals surface area contributed by atoms with Gasteiger partial charge in [-0.15, -0.1) is 0 Å². The molecule has 1 saturated carbocycles. The Balaban J connectivity index is 2.21. The minimum absolute atomic E-state index is 0.00415. The second kappa shape index (κ2) is 5.40. The summed E-state index contributed by atoms with van der Waals surface area (Å²) in [6.45, 7) is 4.60. The lowest BCUT2D eigenvalue weighted by atomic mass is 10.0. The maximum absolute atomic E-state index is 11.3. The van der Waals surface area contributed by atoms with Gasteiger partial charge in [-0.05, 0) is 24.7 Å². The Morgan fingerprint density at radius 2 is 2.20 bits per heavy atom. The highest BCUT2D eigenvalue weighted by atomic mass is 16.6. The van der Waals surface area contributed by atoms with Crippen molar-refractivity contribution in [3.63, 3.8) is 0 Å². The molecule has 0 unspecified atom stereocenters. The van der Waals surface area contributed by atoms with Gasteiger partial charge >= 0.3 is 5.69 Å². The van der Waals surface area contributed by atoms with Crippen LogP contribution in [0.5, 0.6) is 0 Å². The van der Waals surface area contributed by atoms with Gasteiger partial charge < -0.3 is 10.4 Å². The number of aromatic nitrogens is 2. The molecule has 2 rings (SSSR count). The Morgan fingerprint density at radius 1 is 1.55 bits per heavy atom. The molecule has 0 radical (unpaired) electrons. The van der Waals surface area contributed by atoms with E-state index in [4.69, 9.17) is 5.11 Å². The number of hydrogen-bond donors (Lipinski definition) is 2. The second-order valence-electron chi connectivity index (χ2n) is 5.95. The summed E-state index contributed by atoms with van der Waals surface area (Å²) in [5.74, 6) is 0.465. The number of hydrogen-bond acceptors (Lipinski definition) is 5. The summed E-state index contributed by atoms with van der Waals surface area (Å²) >= 11 is 0. The minimum Gasteiger partial charge on any atom is -0.396 e. The lowest BCUT2D eigenvalue weighted by Crippen LogP contribution is -2.18. The van der Waals surface area contributed by atoms with Gasteiger partial charge in [-0.25, -0.2) is 4.68 Å². The quantitative estimate of drug-likeness (QED) is 0.589. The van der Waals surface area contributed by atoms with Gasteiger partial charge in [-0.3, -0.25) is 10.1 Å². The molecule has 20 heavy (non-hydrogen) atoms. The van der Waals surface area contributed by atoms with Crippen molar-refractivity contribution in [2.24, 2.45) is 12.5 Å². The van der Waals surface area contributed by atoms with Crippen molar-refractivity contribution in [1.82, 2.24) is 9.78 Å². The van der Waals surface area contributed by atoms with E-state index in [-0.39, 0.29) is 28.6 Å². The Bertz CT molecular complexity index is 506. The van der Waals surface area contributed by atoms with E-state index in [1.807, 2.05) is 13.8 Å². The highest BCUT2D eigenvalue weighted by molar-refractivity contribution is 5.60. The smallest absolute Gasteiger partial charge is 0.334 e. The van der Waals surface area contributed by atoms with Gasteiger partial charge in [0, 0.05) is 26.1 Å². The zero-order chi connectivity index (χ0) is 14.9. The van der Waals surface area contributed by atoms with E-state index >= 15 is 0 Å². The first-order valence-corrected chi connectivity index (χ1v) is 6.96. The molecule has 0 atom stereocenters. The standard InChI is InChI=1S/C13H22N4O3/c1-9(2)10-11(17(19)20)12(16(3)15-10)14-8-13(4-5-13)6-7-18/h9,14,18H,4-8H2,1-3H3. The predicted molar refractivity (Wildman–Crippen MR) is 75.8 cm³/mol. The molecule has 1 aromatic heterocycles. The summed E-state index contributed by atoms with van der Waals surface area (Å²) in [5.41, 5.74) is 0.680. The predicted octanol–water partition coefficient (Wildman–Crippen LogP) is 2.03. The molecule has 0 spiro atoms. The van der Waals surface area contributed by atoms with Gasteiger partial charge in [-0.1, -0.05) is 13.8 Å². The van der Waals surface area contributed by atoms with Crippen molar-refractivity contribution in [1.29, 1.82) is 0 Å². The van der Waals surface area contributed by atoms with Crippen LogP contribution in [-0.4, -0.2) is 33.0 Å². The molecule has 1 aliphatic carbocycles. The van der Waals surface area contributed by atoms with Crippen LogP contribution >= 0.6 is 0 Å². The van der Waals surface area contributed by atoms with E-state index in [2.05, 4.69) is 10.4 Å². The van der Waals surface area contributed by atoms with E-state index in [0.717, 1.165) is 19.3 Å². The van der Waals surface area contributed by atoms with E-state index in [1.165, 1.54) is 0 Å². The van der Waals surface area contributed by atoms with Crippen molar-refractivity contribution >= 4 is 11.5 Å². The summed E-state index contributed by atoms with van der Waals surface area (Å²) in [6, 6.07) is 0. The molecule has 112 valence electrons. The van der Waals surface area contributed by atoms with Gasteiger partial charge in [-0.2, -0.15) is 5.10 Å². The molecule has 1 aliphatic rings. The molecule has 1 fully saturated rings. The fourth-order valence-electron chi connectivity index (χ4n) is 2.50. The Hall–Kier alpha value is -1.63. The molecule has 0 aliphatic heterocycles. The summed E-state index contributed by atoms with van der Waals surface area (Å²) in [5, 5.41) is 27.8. The zero-order valence-electron chi connectivity index (χ0n) is 12.2. The van der Waals surface area contributed by atoms with Crippen LogP contribution in [0, 0.1) is 15.5 Å². The van der Waals surface area contributed by atoms with Crippen molar-refractivity contribution in [3.05, 3.63) is 15.8 Å². The number of nitro groups is 1. The molecule has 7 nitrogen and oxygen atoms in total. The molecule has 1 heterocycles. The lowest BCUT2D eigenvalue weighted by molar-refractivity contribution is -0.384. The number of aliphatic hydroxyl groups excluding tert-OH is 1. The minimum atomic E-state index is -0.365. The van der Waals surface area contributed by atoms with E-state index < -0.39 is 0 Å². The van der Waals surface area contributed by atoms with Crippen molar-refractivity contribution < 1.29 is 10.0 Å². The summed E-state index contributed by atoms with van der Waals surface area (Å²) in [6.07, 6.45) is 2.86. The van der Waals surface area contributed by atoms with E-state index in [0.29, 0.717) is 18.1 Å². The van der Waals surface area contributed by atoms with Gasteiger partial charge in [0.1, 0.15) is 5.69 Å². The molecule has 1 aromatic rings. The SMILES string of the molecule is CC(C)c1nn(C)c(NCC2(CCO)CC2)c1[N+](=O)[O-]. The monoisotopic (exact) mass is 282 g/mol. The van der Waals surface area contributed by atoms with Crippen molar-refractivity contribution in [3.8, 4) is 0 Å². The number of nitrogens with zero attached hydrogens (tertiary/aromatic N) is 3. The van der Waals surface area contributed by atoms with Crippen LogP contribution in [-0.2, 0) is 7.05 Å². The van der Waals surface area contributed by atoms with Gasteiger partial charge in [0.15, 0.2) is 0 Å². The fourth-order valence-corrected chi connectivity index (χ4v) is 2.50. The highest BCUT2D eigenvalue weighted by Crippen LogP contribution is 2.49. The molecular weight excluding hydrogens is 260 g/mol. The van der Waals surface area contributed by atoms with Crippen LogP contribution in [0.3, 0.4) is 0 Å². The molecule has 0 aromatic carbocycles. The topological polar surface area (TPSA) is 93.2 Å². The number of aryl methyl sites for hydroxylation is 1. The molecule has 0 bridgehead atoms. The third kappa shape index (κ3) is 2.77. The van der Waals surface area contributed by atoms with Crippen molar-refractivity contribution in [2.75, 3.05) is 18.5 Å². The van der Waals surface area contributed by atoms with Crippen LogP contribution in [0.4, 0.5) is 11.5 Å². The normalized spacial score (nSPS) is 16.4. The maximum atomic E-state index is 11.3. The zero-order valence-corrected chi connectivity index (χ0v) is 12.2. The van der Waals surface area contributed by atoms with Crippen LogP contribution in [0.2, 0.25) is 0 Å².